The number of benzene rings is 1. The number of rotatable bonds is 1. The molecular weight excluding hydrogens is 200 g/mol. The summed E-state index contributed by atoms with van der Waals surface area (Å²) in [7, 11) is 0. The van der Waals surface area contributed by atoms with Gasteiger partial charge in [-0.05, 0) is 30.0 Å². The Morgan fingerprint density at radius 1 is 1.43 bits per heavy atom. The Morgan fingerprint density at radius 2 is 2.29 bits per heavy atom. The van der Waals surface area contributed by atoms with E-state index in [9.17, 15) is 4.79 Å². The van der Waals surface area contributed by atoms with Crippen LogP contribution in [0.3, 0.4) is 0 Å². The van der Waals surface area contributed by atoms with E-state index in [2.05, 4.69) is 0 Å². The lowest BCUT2D eigenvalue weighted by Gasteiger charge is -2.21. The van der Waals surface area contributed by atoms with E-state index in [1.807, 2.05) is 24.3 Å². The van der Waals surface area contributed by atoms with E-state index >= 15 is 0 Å². The van der Waals surface area contributed by atoms with E-state index in [1.54, 1.807) is 0 Å². The van der Waals surface area contributed by atoms with Crippen LogP contribution in [-0.2, 0) is 9.53 Å². The zero-order valence-corrected chi connectivity index (χ0v) is 8.46. The molecule has 0 aliphatic carbocycles. The van der Waals surface area contributed by atoms with Gasteiger partial charge in [-0.25, -0.2) is 0 Å². The van der Waals surface area contributed by atoms with Gasteiger partial charge in [-0.15, -0.1) is 0 Å². The van der Waals surface area contributed by atoms with Gasteiger partial charge >= 0.3 is 5.97 Å². The summed E-state index contributed by atoms with van der Waals surface area (Å²) >= 11 is 5.88. The fourth-order valence-corrected chi connectivity index (χ4v) is 1.92. The van der Waals surface area contributed by atoms with Gasteiger partial charge in [0.15, 0.2) is 0 Å². The predicted molar refractivity (Wildman–Crippen MR) is 54.4 cm³/mol. The van der Waals surface area contributed by atoms with Crippen molar-refractivity contribution >= 4 is 17.6 Å². The average molecular weight is 211 g/mol. The number of hydrogen-bond acceptors (Lipinski definition) is 2. The highest BCUT2D eigenvalue weighted by molar-refractivity contribution is 6.30. The normalized spacial score (nSPS) is 21.8. The molecule has 1 fully saturated rings. The quantitative estimate of drug-likeness (QED) is 0.667. The number of halogens is 1. The molecule has 0 aromatic heterocycles. The maximum atomic E-state index is 11.1. The molecule has 1 heterocycles. The molecule has 0 N–H and O–H groups in total. The van der Waals surface area contributed by atoms with Gasteiger partial charge in [-0.2, -0.15) is 0 Å². The van der Waals surface area contributed by atoms with Gasteiger partial charge in [-0.3, -0.25) is 4.79 Å². The molecule has 1 saturated heterocycles. The van der Waals surface area contributed by atoms with E-state index in [1.165, 1.54) is 0 Å². The number of hydrogen-bond donors (Lipinski definition) is 0. The average Bonchev–Trinajstić information content (AvgIpc) is 2.18. The van der Waals surface area contributed by atoms with Crippen molar-refractivity contribution in [3.8, 4) is 0 Å². The highest BCUT2D eigenvalue weighted by Gasteiger charge is 2.21. The van der Waals surface area contributed by atoms with Crippen molar-refractivity contribution in [2.24, 2.45) is 0 Å². The largest absolute Gasteiger partial charge is 0.466 e. The van der Waals surface area contributed by atoms with Crippen molar-refractivity contribution in [3.05, 3.63) is 34.9 Å². The van der Waals surface area contributed by atoms with Crippen molar-refractivity contribution in [1.82, 2.24) is 0 Å². The second-order valence-corrected chi connectivity index (χ2v) is 3.90. The third-order valence-corrected chi connectivity index (χ3v) is 2.70. The summed E-state index contributed by atoms with van der Waals surface area (Å²) in [6.07, 6.45) is 1.37. The van der Waals surface area contributed by atoms with Crippen molar-refractivity contribution in [2.45, 2.75) is 18.8 Å². The molecule has 2 rings (SSSR count). The Balaban J connectivity index is 2.17. The SMILES string of the molecule is O=C1C[C@H](c2cccc(Cl)c2)CCO1. The van der Waals surface area contributed by atoms with Crippen molar-refractivity contribution in [1.29, 1.82) is 0 Å². The smallest absolute Gasteiger partial charge is 0.306 e. The first-order chi connectivity index (χ1) is 6.75. The summed E-state index contributed by atoms with van der Waals surface area (Å²) in [4.78, 5) is 11.1. The molecule has 0 amide bonds. The molecule has 2 nitrogen and oxygen atoms in total. The minimum absolute atomic E-state index is 0.110. The van der Waals surface area contributed by atoms with Crippen LogP contribution in [0.2, 0.25) is 5.02 Å². The topological polar surface area (TPSA) is 26.3 Å². The van der Waals surface area contributed by atoms with E-state index in [-0.39, 0.29) is 11.9 Å². The van der Waals surface area contributed by atoms with Crippen LogP contribution in [0.25, 0.3) is 0 Å². The summed E-state index contributed by atoms with van der Waals surface area (Å²) in [5, 5.41) is 0.724. The summed E-state index contributed by atoms with van der Waals surface area (Å²) in [6, 6.07) is 7.68. The summed E-state index contributed by atoms with van der Waals surface area (Å²) in [5.41, 5.74) is 1.13. The van der Waals surface area contributed by atoms with Crippen molar-refractivity contribution in [3.63, 3.8) is 0 Å². The number of esters is 1. The van der Waals surface area contributed by atoms with Crippen molar-refractivity contribution in [2.75, 3.05) is 6.61 Å². The lowest BCUT2D eigenvalue weighted by atomic mass is 9.91. The number of cyclic esters (lactones) is 1. The van der Waals surface area contributed by atoms with E-state index in [0.29, 0.717) is 13.0 Å². The third-order valence-electron chi connectivity index (χ3n) is 2.46. The number of carbonyl (C=O) groups is 1. The third kappa shape index (κ3) is 2.07. The Bertz CT molecular complexity index is 349. The molecule has 1 aliphatic rings. The molecule has 3 heteroatoms. The van der Waals surface area contributed by atoms with Crippen molar-refractivity contribution < 1.29 is 9.53 Å². The molecule has 1 aromatic rings. The Hall–Kier alpha value is -1.02. The maximum Gasteiger partial charge on any atom is 0.306 e. The molecule has 1 atom stereocenters. The summed E-state index contributed by atoms with van der Waals surface area (Å²) in [5.74, 6) is 0.163. The molecule has 0 saturated carbocycles. The molecule has 0 radical (unpaired) electrons. The molecule has 0 bridgehead atoms. The molecule has 14 heavy (non-hydrogen) atoms. The zero-order chi connectivity index (χ0) is 9.97. The Morgan fingerprint density at radius 3 is 3.00 bits per heavy atom. The zero-order valence-electron chi connectivity index (χ0n) is 7.70. The van der Waals surface area contributed by atoms with Crippen LogP contribution in [0.4, 0.5) is 0 Å². The highest BCUT2D eigenvalue weighted by atomic mass is 35.5. The first-order valence-corrected chi connectivity index (χ1v) is 5.04. The second kappa shape index (κ2) is 4.01. The van der Waals surface area contributed by atoms with Gasteiger partial charge in [0.25, 0.3) is 0 Å². The lowest BCUT2D eigenvalue weighted by molar-refractivity contribution is -0.147. The fourth-order valence-electron chi connectivity index (χ4n) is 1.72. The minimum atomic E-state index is -0.110. The molecule has 0 spiro atoms. The van der Waals surface area contributed by atoms with Gasteiger partial charge in [0, 0.05) is 5.02 Å². The Kier molecular flexibility index (Phi) is 2.73. The number of ether oxygens (including phenoxy) is 1. The fraction of sp³-hybridized carbons (Fsp3) is 0.364. The van der Waals surface area contributed by atoms with Gasteiger partial charge in [0.1, 0.15) is 0 Å². The summed E-state index contributed by atoms with van der Waals surface area (Å²) < 4.78 is 4.89. The minimum Gasteiger partial charge on any atom is -0.466 e. The van der Waals surface area contributed by atoms with Gasteiger partial charge in [-0.1, -0.05) is 23.7 Å². The maximum absolute atomic E-state index is 11.1. The van der Waals surface area contributed by atoms with Crippen LogP contribution in [0.1, 0.15) is 24.3 Å². The van der Waals surface area contributed by atoms with Crippen LogP contribution in [-0.4, -0.2) is 12.6 Å². The predicted octanol–water partition coefficient (Wildman–Crippen LogP) is 2.76. The summed E-state index contributed by atoms with van der Waals surface area (Å²) in [6.45, 7) is 0.524. The van der Waals surface area contributed by atoms with Gasteiger partial charge < -0.3 is 4.74 Å². The monoisotopic (exact) mass is 210 g/mol. The number of carbonyl (C=O) groups excluding carboxylic acids is 1. The highest BCUT2D eigenvalue weighted by Crippen LogP contribution is 2.28. The van der Waals surface area contributed by atoms with E-state index < -0.39 is 0 Å². The standard InChI is InChI=1S/C11H11ClO2/c12-10-3-1-2-8(6-10)9-4-5-14-11(13)7-9/h1-3,6,9H,4-5,7H2/t9-/m1/s1. The van der Waals surface area contributed by atoms with Gasteiger partial charge in [0.05, 0.1) is 13.0 Å². The van der Waals surface area contributed by atoms with Crippen LogP contribution in [0.5, 0.6) is 0 Å². The molecule has 74 valence electrons. The Labute approximate surface area is 87.8 Å². The van der Waals surface area contributed by atoms with Crippen LogP contribution >= 0.6 is 11.6 Å². The first-order valence-electron chi connectivity index (χ1n) is 4.67. The van der Waals surface area contributed by atoms with Gasteiger partial charge in [0.2, 0.25) is 0 Å². The lowest BCUT2D eigenvalue weighted by Crippen LogP contribution is -2.19. The second-order valence-electron chi connectivity index (χ2n) is 3.47. The molecular formula is C11H11ClO2. The first kappa shape index (κ1) is 9.53. The van der Waals surface area contributed by atoms with Crippen LogP contribution in [0, 0.1) is 0 Å². The molecule has 1 aliphatic heterocycles. The van der Waals surface area contributed by atoms with Crippen LogP contribution in [0.15, 0.2) is 24.3 Å². The van der Waals surface area contributed by atoms with E-state index in [4.69, 9.17) is 16.3 Å². The molecule has 0 unspecified atom stereocenters. The van der Waals surface area contributed by atoms with Crippen LogP contribution < -0.4 is 0 Å². The molecule has 1 aromatic carbocycles. The van der Waals surface area contributed by atoms with E-state index in [0.717, 1.165) is 17.0 Å².